The molecular weight excluding hydrogens is 617 g/mol. The summed E-state index contributed by atoms with van der Waals surface area (Å²) >= 11 is 3.51. The summed E-state index contributed by atoms with van der Waals surface area (Å²) in [7, 11) is 0. The third kappa shape index (κ3) is 4.21. The molecule has 0 unspecified atom stereocenters. The lowest BCUT2D eigenvalue weighted by Gasteiger charge is -2.11. The van der Waals surface area contributed by atoms with E-state index in [1.54, 1.807) is 22.7 Å². The summed E-state index contributed by atoms with van der Waals surface area (Å²) in [5.41, 5.74) is 6.58. The van der Waals surface area contributed by atoms with Crippen molar-refractivity contribution in [2.75, 3.05) is 0 Å². The van der Waals surface area contributed by atoms with Crippen molar-refractivity contribution in [3.63, 3.8) is 0 Å². The van der Waals surface area contributed by atoms with Gasteiger partial charge in [0.25, 0.3) is 0 Å². The van der Waals surface area contributed by atoms with Gasteiger partial charge in [0, 0.05) is 53.2 Å². The number of thiophene rings is 1. The molecule has 0 radical (unpaired) electrons. The van der Waals surface area contributed by atoms with Crippen LogP contribution < -0.4 is 0 Å². The zero-order valence-corrected chi connectivity index (χ0v) is 26.3. The summed E-state index contributed by atoms with van der Waals surface area (Å²) in [6.07, 6.45) is 0. The largest absolute Gasteiger partial charge is 0.456 e. The molecule has 0 atom stereocenters. The summed E-state index contributed by atoms with van der Waals surface area (Å²) in [6, 6.07) is 45.6. The lowest BCUT2D eigenvalue weighted by Crippen LogP contribution is -2.00. The first kappa shape index (κ1) is 26.5. The van der Waals surface area contributed by atoms with Gasteiger partial charge in [-0.2, -0.15) is 0 Å². The monoisotopic (exact) mass is 638 g/mol. The number of furan rings is 1. The summed E-state index contributed by atoms with van der Waals surface area (Å²) in [4.78, 5) is 20.5. The Bertz CT molecular complexity index is 2780. The van der Waals surface area contributed by atoms with Gasteiger partial charge in [0.15, 0.2) is 17.5 Å². The van der Waals surface area contributed by atoms with Crippen LogP contribution in [0.5, 0.6) is 0 Å². The van der Waals surface area contributed by atoms with Gasteiger partial charge in [-0.25, -0.2) is 19.9 Å². The fourth-order valence-corrected chi connectivity index (χ4v) is 8.67. The fourth-order valence-electron chi connectivity index (χ4n) is 6.51. The molecule has 0 aliphatic rings. The van der Waals surface area contributed by atoms with E-state index < -0.39 is 0 Å². The number of hydrogen-bond acceptors (Lipinski definition) is 7. The molecule has 220 valence electrons. The Morgan fingerprint density at radius 2 is 1.00 bits per heavy atom. The van der Waals surface area contributed by atoms with Gasteiger partial charge in [-0.3, -0.25) is 0 Å². The number of benzene rings is 6. The summed E-state index contributed by atoms with van der Waals surface area (Å²) in [5.74, 6) is 1.86. The first-order valence-corrected chi connectivity index (χ1v) is 16.9. The normalized spacial score (nSPS) is 11.8. The van der Waals surface area contributed by atoms with Crippen LogP contribution in [0.3, 0.4) is 0 Å². The first-order chi connectivity index (χ1) is 23.3. The van der Waals surface area contributed by atoms with Crippen molar-refractivity contribution in [3.05, 3.63) is 133 Å². The maximum absolute atomic E-state index is 6.24. The minimum Gasteiger partial charge on any atom is -0.456 e. The van der Waals surface area contributed by atoms with Crippen LogP contribution in [-0.4, -0.2) is 19.9 Å². The number of rotatable bonds is 4. The minimum absolute atomic E-state index is 0.606. The second-order valence-electron chi connectivity index (χ2n) is 11.4. The van der Waals surface area contributed by atoms with Crippen molar-refractivity contribution in [2.45, 2.75) is 0 Å². The highest BCUT2D eigenvalue weighted by molar-refractivity contribution is 7.26. The van der Waals surface area contributed by atoms with E-state index in [9.17, 15) is 0 Å². The number of thiazole rings is 1. The maximum Gasteiger partial charge on any atom is 0.164 e. The summed E-state index contributed by atoms with van der Waals surface area (Å²) in [5, 5.41) is 5.34. The predicted octanol–water partition coefficient (Wildman–Crippen LogP) is 11.4. The van der Waals surface area contributed by atoms with Gasteiger partial charge in [0.2, 0.25) is 0 Å². The fraction of sp³-hybridized carbons (Fsp3) is 0. The van der Waals surface area contributed by atoms with E-state index >= 15 is 0 Å². The Hall–Kier alpha value is -5.76. The van der Waals surface area contributed by atoms with Crippen molar-refractivity contribution in [3.8, 4) is 44.7 Å². The lowest BCUT2D eigenvalue weighted by atomic mass is 10.0. The van der Waals surface area contributed by atoms with Crippen LogP contribution in [-0.2, 0) is 0 Å². The molecule has 4 aromatic heterocycles. The smallest absolute Gasteiger partial charge is 0.164 e. The van der Waals surface area contributed by atoms with Crippen LogP contribution >= 0.6 is 22.7 Å². The molecule has 0 N–H and O–H groups in total. The van der Waals surface area contributed by atoms with E-state index in [-0.39, 0.29) is 0 Å². The molecule has 4 heterocycles. The Labute approximate surface area is 276 Å². The maximum atomic E-state index is 6.24. The van der Waals surface area contributed by atoms with Gasteiger partial charge in [-0.1, -0.05) is 97.1 Å². The Balaban J connectivity index is 1.27. The van der Waals surface area contributed by atoms with Gasteiger partial charge in [0.1, 0.15) is 16.2 Å². The Kier molecular flexibility index (Phi) is 5.85. The molecule has 7 heteroatoms. The average Bonchev–Trinajstić information content (AvgIpc) is 3.85. The van der Waals surface area contributed by atoms with Gasteiger partial charge in [-0.05, 0) is 36.4 Å². The van der Waals surface area contributed by atoms with E-state index in [2.05, 4.69) is 66.7 Å². The highest BCUT2D eigenvalue weighted by Gasteiger charge is 2.21. The molecule has 0 amide bonds. The van der Waals surface area contributed by atoms with Crippen LogP contribution in [0.1, 0.15) is 0 Å². The van der Waals surface area contributed by atoms with Crippen molar-refractivity contribution in [2.24, 2.45) is 0 Å². The zero-order valence-electron chi connectivity index (χ0n) is 24.7. The minimum atomic E-state index is 0.606. The molecule has 0 saturated carbocycles. The molecule has 5 nitrogen and oxygen atoms in total. The Morgan fingerprint density at radius 1 is 0.404 bits per heavy atom. The molecule has 0 spiro atoms. The average molecular weight is 639 g/mol. The molecule has 0 aliphatic carbocycles. The number of hydrogen-bond donors (Lipinski definition) is 0. The Morgan fingerprint density at radius 3 is 1.81 bits per heavy atom. The van der Waals surface area contributed by atoms with Crippen LogP contribution in [0.4, 0.5) is 0 Å². The third-order valence-corrected chi connectivity index (χ3v) is 10.8. The van der Waals surface area contributed by atoms with Crippen LogP contribution in [0.15, 0.2) is 138 Å². The number of para-hydroxylation sites is 2. The standard InChI is InChI=1S/C40H22N4OS2/c1-2-11-23(12-3-1)37-42-38(25-14-8-19-30-34(25)24-13-4-6-18-29(24)45-30)44-39(43-37)26-15-9-21-32-35(26)36-27(16-10-22-33(36)46-32)40-41-28-17-5-7-20-31(28)47-40/h1-22H. The van der Waals surface area contributed by atoms with E-state index in [4.69, 9.17) is 24.4 Å². The number of aromatic nitrogens is 4. The molecule has 0 fully saturated rings. The van der Waals surface area contributed by atoms with Crippen molar-refractivity contribution < 1.29 is 4.42 Å². The van der Waals surface area contributed by atoms with Crippen molar-refractivity contribution in [1.29, 1.82) is 0 Å². The quantitative estimate of drug-likeness (QED) is 0.192. The van der Waals surface area contributed by atoms with E-state index in [0.717, 1.165) is 60.1 Å². The third-order valence-electron chi connectivity index (χ3n) is 8.60. The molecule has 0 saturated heterocycles. The van der Waals surface area contributed by atoms with Gasteiger partial charge >= 0.3 is 0 Å². The molecule has 10 aromatic rings. The molecular formula is C40H22N4OS2. The summed E-state index contributed by atoms with van der Waals surface area (Å²) < 4.78 is 9.80. The van der Waals surface area contributed by atoms with Crippen LogP contribution in [0.2, 0.25) is 0 Å². The molecule has 47 heavy (non-hydrogen) atoms. The molecule has 6 aromatic carbocycles. The molecule has 0 bridgehead atoms. The SMILES string of the molecule is c1ccc(-c2nc(-c3cccc4oc5ccccc5c34)nc(-c3cccc4sc5cccc(-c6nc7ccccc7s6)c5c34)n2)cc1. The number of fused-ring (bicyclic) bond motifs is 7. The highest BCUT2D eigenvalue weighted by atomic mass is 32.1. The number of nitrogens with zero attached hydrogens (tertiary/aromatic N) is 4. The van der Waals surface area contributed by atoms with Crippen LogP contribution in [0.25, 0.3) is 97.1 Å². The lowest BCUT2D eigenvalue weighted by molar-refractivity contribution is 0.669. The topological polar surface area (TPSA) is 64.7 Å². The van der Waals surface area contributed by atoms with Gasteiger partial charge < -0.3 is 4.42 Å². The highest BCUT2D eigenvalue weighted by Crippen LogP contribution is 2.45. The van der Waals surface area contributed by atoms with Gasteiger partial charge in [-0.15, -0.1) is 22.7 Å². The second-order valence-corrected chi connectivity index (χ2v) is 13.5. The first-order valence-electron chi connectivity index (χ1n) is 15.3. The van der Waals surface area contributed by atoms with E-state index in [1.165, 1.54) is 19.5 Å². The van der Waals surface area contributed by atoms with E-state index in [1.807, 2.05) is 66.7 Å². The van der Waals surface area contributed by atoms with Crippen molar-refractivity contribution >= 4 is 75.0 Å². The molecule has 10 rings (SSSR count). The molecule has 0 aliphatic heterocycles. The van der Waals surface area contributed by atoms with Gasteiger partial charge in [0.05, 0.1) is 10.2 Å². The summed E-state index contributed by atoms with van der Waals surface area (Å²) in [6.45, 7) is 0. The van der Waals surface area contributed by atoms with Crippen LogP contribution in [0, 0.1) is 0 Å². The predicted molar refractivity (Wildman–Crippen MR) is 195 cm³/mol. The van der Waals surface area contributed by atoms with Crippen molar-refractivity contribution in [1.82, 2.24) is 19.9 Å². The van der Waals surface area contributed by atoms with E-state index in [0.29, 0.717) is 17.5 Å². The zero-order chi connectivity index (χ0) is 30.9. The second kappa shape index (κ2) is 10.4.